The van der Waals surface area contributed by atoms with E-state index in [4.69, 9.17) is 9.47 Å². The molecule has 9 nitrogen and oxygen atoms in total. The van der Waals surface area contributed by atoms with Crippen LogP contribution >= 0.6 is 0 Å². The topological polar surface area (TPSA) is 89.3 Å². The average Bonchev–Trinajstić information content (AvgIpc) is 3.63. The number of ether oxygens (including phenoxy) is 2. The van der Waals surface area contributed by atoms with Crippen LogP contribution in [0.4, 0.5) is 5.69 Å². The number of carbonyl (C=O) groups is 1. The molecule has 1 saturated heterocycles. The first-order valence-corrected chi connectivity index (χ1v) is 12.9. The van der Waals surface area contributed by atoms with Crippen LogP contribution in [0.15, 0.2) is 53.7 Å². The fraction of sp³-hybridized carbons (Fsp3) is 0.429. The van der Waals surface area contributed by atoms with Gasteiger partial charge in [0.25, 0.3) is 5.91 Å². The van der Waals surface area contributed by atoms with Gasteiger partial charge >= 0.3 is 0 Å². The number of hydrogen-bond donors (Lipinski definition) is 0. The Morgan fingerprint density at radius 3 is 2.35 bits per heavy atom. The smallest absolute Gasteiger partial charge is 0.277 e. The van der Waals surface area contributed by atoms with E-state index in [0.29, 0.717) is 24.4 Å². The molecule has 2 aliphatic heterocycles. The molecule has 0 unspecified atom stereocenters. The molecule has 1 aliphatic carbocycles. The van der Waals surface area contributed by atoms with Crippen LogP contribution in [-0.2, 0) is 23.1 Å². The maximum absolute atomic E-state index is 13.8. The number of amides is 1. The minimum Gasteiger partial charge on any atom is -0.497 e. The zero-order chi connectivity index (χ0) is 25.4. The zero-order valence-electron chi connectivity index (χ0n) is 21.1. The molecule has 1 saturated carbocycles. The fourth-order valence-corrected chi connectivity index (χ4v) is 5.65. The summed E-state index contributed by atoms with van der Waals surface area (Å²) in [5, 5.41) is 7.67. The monoisotopic (exact) mass is 501 g/mol. The minimum atomic E-state index is -0.121. The third-order valence-electron chi connectivity index (χ3n) is 7.91. The highest BCUT2D eigenvalue weighted by atomic mass is 16.5. The average molecular weight is 502 g/mol. The third-order valence-corrected chi connectivity index (χ3v) is 7.91. The molecule has 3 aromatic rings. The van der Waals surface area contributed by atoms with Crippen molar-refractivity contribution in [1.29, 1.82) is 0 Å². The quantitative estimate of drug-likeness (QED) is 0.437. The van der Waals surface area contributed by atoms with E-state index in [0.717, 1.165) is 55.5 Å². The standard InChI is InChI=1S/C28H31N5O4/c1-36-23-8-6-22(7-9-23)33-26-24(25(30-33)18-29-35)10-13-32(27(26)34)21-4-2-20(3-5-21)28(11-12-28)19-31-14-16-37-17-15-31/h2-9H,10-19H2,1H3. The molecule has 0 spiro atoms. The normalized spacial score (nSPS) is 18.9. The van der Waals surface area contributed by atoms with Crippen LogP contribution in [0, 0.1) is 4.91 Å². The van der Waals surface area contributed by atoms with Crippen molar-refractivity contribution in [3.8, 4) is 11.4 Å². The van der Waals surface area contributed by atoms with Gasteiger partial charge in [-0.25, -0.2) is 4.68 Å². The van der Waals surface area contributed by atoms with Gasteiger partial charge in [0.1, 0.15) is 18.0 Å². The lowest BCUT2D eigenvalue weighted by Crippen LogP contribution is -2.41. The Kier molecular flexibility index (Phi) is 6.26. The highest BCUT2D eigenvalue weighted by Crippen LogP contribution is 2.49. The summed E-state index contributed by atoms with van der Waals surface area (Å²) in [6.07, 6.45) is 3.01. The summed E-state index contributed by atoms with van der Waals surface area (Å²) < 4.78 is 12.4. The van der Waals surface area contributed by atoms with Gasteiger partial charge in [0, 0.05) is 42.8 Å². The number of carbonyl (C=O) groups excluding carboxylic acids is 1. The third kappa shape index (κ3) is 4.42. The summed E-state index contributed by atoms with van der Waals surface area (Å²) in [7, 11) is 1.61. The number of rotatable bonds is 8. The largest absolute Gasteiger partial charge is 0.497 e. The molecule has 0 radical (unpaired) electrons. The van der Waals surface area contributed by atoms with Crippen molar-refractivity contribution < 1.29 is 14.3 Å². The Hall–Kier alpha value is -3.56. The van der Waals surface area contributed by atoms with E-state index in [9.17, 15) is 9.70 Å². The first-order valence-electron chi connectivity index (χ1n) is 12.9. The molecule has 0 atom stereocenters. The molecule has 37 heavy (non-hydrogen) atoms. The van der Waals surface area contributed by atoms with Gasteiger partial charge in [-0.1, -0.05) is 17.3 Å². The molecule has 6 rings (SSSR count). The Bertz CT molecular complexity index is 1290. The highest BCUT2D eigenvalue weighted by Gasteiger charge is 2.45. The summed E-state index contributed by atoms with van der Waals surface area (Å²) >= 11 is 0. The van der Waals surface area contributed by atoms with Crippen LogP contribution in [0.5, 0.6) is 5.75 Å². The second-order valence-electron chi connectivity index (χ2n) is 10.1. The van der Waals surface area contributed by atoms with Crippen LogP contribution in [0.25, 0.3) is 5.69 Å². The van der Waals surface area contributed by atoms with Gasteiger partial charge in [0.05, 0.1) is 31.7 Å². The summed E-state index contributed by atoms with van der Waals surface area (Å²) in [5.74, 6) is 0.596. The van der Waals surface area contributed by atoms with Gasteiger partial charge < -0.3 is 14.4 Å². The molecule has 1 aromatic heterocycles. The molecular formula is C28H31N5O4. The number of morpholine rings is 1. The lowest BCUT2D eigenvalue weighted by atomic mass is 9.94. The summed E-state index contributed by atoms with van der Waals surface area (Å²) in [6, 6.07) is 15.9. The number of anilines is 1. The van der Waals surface area contributed by atoms with Crippen LogP contribution in [0.1, 0.15) is 40.2 Å². The number of methoxy groups -OCH3 is 1. The van der Waals surface area contributed by atoms with E-state index in [1.807, 2.05) is 29.2 Å². The number of nitroso groups, excluding NO2 is 1. The van der Waals surface area contributed by atoms with Crippen LogP contribution in [-0.4, -0.2) is 67.1 Å². The molecule has 3 heterocycles. The Morgan fingerprint density at radius 1 is 1.00 bits per heavy atom. The summed E-state index contributed by atoms with van der Waals surface area (Å²) in [4.78, 5) is 29.2. The number of hydrogen-bond acceptors (Lipinski definition) is 7. The van der Waals surface area contributed by atoms with Gasteiger partial charge in [-0.15, -0.1) is 0 Å². The Balaban J connectivity index is 1.27. The van der Waals surface area contributed by atoms with Gasteiger partial charge in [-0.3, -0.25) is 9.69 Å². The first kappa shape index (κ1) is 23.8. The van der Waals surface area contributed by atoms with E-state index < -0.39 is 0 Å². The number of benzene rings is 2. The summed E-state index contributed by atoms with van der Waals surface area (Å²) in [5.41, 5.74) is 5.02. The van der Waals surface area contributed by atoms with E-state index in [-0.39, 0.29) is 17.9 Å². The molecule has 3 aliphatic rings. The second kappa shape index (κ2) is 9.72. The molecule has 0 bridgehead atoms. The van der Waals surface area contributed by atoms with Crippen molar-refractivity contribution in [2.45, 2.75) is 31.2 Å². The van der Waals surface area contributed by atoms with Crippen molar-refractivity contribution in [1.82, 2.24) is 14.7 Å². The maximum Gasteiger partial charge on any atom is 0.277 e. The van der Waals surface area contributed by atoms with Crippen molar-refractivity contribution in [3.63, 3.8) is 0 Å². The molecule has 2 fully saturated rings. The van der Waals surface area contributed by atoms with Gasteiger partial charge in [-0.05, 0) is 61.2 Å². The molecular weight excluding hydrogens is 470 g/mol. The lowest BCUT2D eigenvalue weighted by Gasteiger charge is -2.31. The van der Waals surface area contributed by atoms with Crippen LogP contribution in [0.3, 0.4) is 0 Å². The molecule has 2 aromatic carbocycles. The van der Waals surface area contributed by atoms with Crippen molar-refractivity contribution in [2.75, 3.05) is 51.4 Å². The number of fused-ring (bicyclic) bond motifs is 1. The van der Waals surface area contributed by atoms with Crippen molar-refractivity contribution >= 4 is 11.6 Å². The van der Waals surface area contributed by atoms with Crippen molar-refractivity contribution in [3.05, 3.63) is 76.0 Å². The molecule has 192 valence electrons. The SMILES string of the molecule is COc1ccc(-n2nc(CN=O)c3c2C(=O)N(c2ccc(C4(CN5CCOCC5)CC4)cc2)CC3)cc1. The Labute approximate surface area is 215 Å². The predicted molar refractivity (Wildman–Crippen MR) is 140 cm³/mol. The lowest BCUT2D eigenvalue weighted by molar-refractivity contribution is 0.0336. The van der Waals surface area contributed by atoms with Crippen LogP contribution < -0.4 is 9.64 Å². The maximum atomic E-state index is 13.8. The number of aromatic nitrogens is 2. The first-order chi connectivity index (χ1) is 18.1. The van der Waals surface area contributed by atoms with E-state index >= 15 is 0 Å². The molecule has 0 N–H and O–H groups in total. The zero-order valence-corrected chi connectivity index (χ0v) is 21.1. The van der Waals surface area contributed by atoms with Gasteiger partial charge in [0.2, 0.25) is 0 Å². The Morgan fingerprint density at radius 2 is 1.70 bits per heavy atom. The number of nitrogens with zero attached hydrogens (tertiary/aromatic N) is 5. The fourth-order valence-electron chi connectivity index (χ4n) is 5.65. The van der Waals surface area contributed by atoms with E-state index in [1.54, 1.807) is 11.8 Å². The van der Waals surface area contributed by atoms with Crippen LogP contribution in [0.2, 0.25) is 0 Å². The molecule has 9 heteroatoms. The van der Waals surface area contributed by atoms with E-state index in [1.165, 1.54) is 18.4 Å². The molecule has 1 amide bonds. The van der Waals surface area contributed by atoms with Gasteiger partial charge in [0.15, 0.2) is 0 Å². The van der Waals surface area contributed by atoms with Gasteiger partial charge in [-0.2, -0.15) is 10.0 Å². The highest BCUT2D eigenvalue weighted by molar-refractivity contribution is 6.07. The predicted octanol–water partition coefficient (Wildman–Crippen LogP) is 3.71. The minimum absolute atomic E-state index is 0.0569. The second-order valence-corrected chi connectivity index (χ2v) is 10.1. The summed E-state index contributed by atoms with van der Waals surface area (Å²) in [6.45, 7) is 5.15. The van der Waals surface area contributed by atoms with Crippen molar-refractivity contribution in [2.24, 2.45) is 5.18 Å². The van der Waals surface area contributed by atoms with E-state index in [2.05, 4.69) is 39.4 Å².